The largest absolute Gasteiger partial charge is 0.461 e. The molecule has 0 aromatic carbocycles. The summed E-state index contributed by atoms with van der Waals surface area (Å²) in [5.41, 5.74) is 2.34. The van der Waals surface area contributed by atoms with E-state index in [1.54, 1.807) is 0 Å². The second kappa shape index (κ2) is 7.86. The van der Waals surface area contributed by atoms with Gasteiger partial charge >= 0.3 is 17.9 Å². The second-order valence-corrected chi connectivity index (χ2v) is 14.1. The molecule has 2 saturated heterocycles. The molecule has 7 aliphatic rings. The minimum Gasteiger partial charge on any atom is -0.461 e. The Morgan fingerprint density at radius 1 is 1.15 bits per heavy atom. The number of ether oxygens (including phenoxy) is 3. The highest BCUT2D eigenvalue weighted by Crippen LogP contribution is 2.76. The molecule has 2 heterocycles. The van der Waals surface area contributed by atoms with E-state index in [4.69, 9.17) is 14.2 Å². The van der Waals surface area contributed by atoms with Crippen molar-refractivity contribution in [3.63, 3.8) is 0 Å². The van der Waals surface area contributed by atoms with Gasteiger partial charge in [-0.05, 0) is 57.3 Å². The van der Waals surface area contributed by atoms with Gasteiger partial charge in [-0.25, -0.2) is 4.79 Å². The summed E-state index contributed by atoms with van der Waals surface area (Å²) >= 11 is 0. The first-order chi connectivity index (χ1) is 18.4. The minimum atomic E-state index is -0.823. The van der Waals surface area contributed by atoms with Crippen molar-refractivity contribution in [2.45, 2.75) is 97.6 Å². The molecule has 1 unspecified atom stereocenters. The molecule has 7 rings (SSSR count). The highest BCUT2D eigenvalue weighted by Gasteiger charge is 2.79. The summed E-state index contributed by atoms with van der Waals surface area (Å²) in [5.74, 6) is -1.01. The number of carbonyl (C=O) groups is 3. The Balaban J connectivity index is 1.39. The number of esters is 3. The van der Waals surface area contributed by atoms with Crippen molar-refractivity contribution in [3.8, 4) is 0 Å². The fourth-order valence-corrected chi connectivity index (χ4v) is 10.7. The van der Waals surface area contributed by atoms with E-state index in [2.05, 4.69) is 40.3 Å². The molecule has 0 aromatic heterocycles. The molecule has 0 radical (unpaired) electrons. The Hall–Kier alpha value is -2.41. The van der Waals surface area contributed by atoms with Crippen molar-refractivity contribution in [3.05, 3.63) is 34.9 Å². The summed E-state index contributed by atoms with van der Waals surface area (Å²) < 4.78 is 18.3. The van der Waals surface area contributed by atoms with E-state index < -0.39 is 28.5 Å². The maximum atomic E-state index is 14.2. The molecule has 2 bridgehead atoms. The third kappa shape index (κ3) is 2.90. The van der Waals surface area contributed by atoms with E-state index in [1.807, 2.05) is 0 Å². The molecule has 1 N–H and O–H groups in total. The van der Waals surface area contributed by atoms with Gasteiger partial charge in [0.15, 0.2) is 0 Å². The maximum Gasteiger partial charge on any atom is 0.334 e. The molecule has 5 fully saturated rings. The third-order valence-electron chi connectivity index (χ3n) is 12.5. The predicted molar refractivity (Wildman–Crippen MR) is 141 cm³/mol. The predicted octanol–water partition coefficient (Wildman–Crippen LogP) is 4.44. The summed E-state index contributed by atoms with van der Waals surface area (Å²) in [5, 5.41) is 11.1. The molecule has 210 valence electrons. The zero-order chi connectivity index (χ0) is 27.8. The van der Waals surface area contributed by atoms with E-state index in [0.29, 0.717) is 37.2 Å². The first-order valence-electron chi connectivity index (χ1n) is 14.7. The third-order valence-corrected chi connectivity index (χ3v) is 12.5. The van der Waals surface area contributed by atoms with Crippen LogP contribution >= 0.6 is 0 Å². The highest BCUT2D eigenvalue weighted by atomic mass is 16.6. The summed E-state index contributed by atoms with van der Waals surface area (Å²) in [4.78, 5) is 39.2. The van der Waals surface area contributed by atoms with Crippen molar-refractivity contribution >= 4 is 17.9 Å². The van der Waals surface area contributed by atoms with Gasteiger partial charge in [0.2, 0.25) is 0 Å². The molecule has 0 amide bonds. The molecule has 39 heavy (non-hydrogen) atoms. The summed E-state index contributed by atoms with van der Waals surface area (Å²) in [7, 11) is 0. The van der Waals surface area contributed by atoms with Crippen LogP contribution in [0.25, 0.3) is 0 Å². The molecule has 2 aliphatic heterocycles. The fraction of sp³-hybridized carbons (Fsp3) is 0.719. The normalized spacial score (nSPS) is 51.5. The van der Waals surface area contributed by atoms with Crippen LogP contribution in [0.5, 0.6) is 0 Å². The van der Waals surface area contributed by atoms with Gasteiger partial charge in [-0.2, -0.15) is 0 Å². The average molecular weight is 537 g/mol. The minimum absolute atomic E-state index is 0.0219. The van der Waals surface area contributed by atoms with E-state index in [9.17, 15) is 19.5 Å². The SMILES string of the molecule is C=C1C(=O)O[C@H]2C[C@H](C)[C@@]34C[C@@]5(C(=O)O[C@@H]6C[C@]7(C)C(=C[C@@H]65)[C@@H](C)CC[C@H]7O)[C@@H](C(C)=C3C[C@H]12)C4OC(C)=O. The van der Waals surface area contributed by atoms with Crippen molar-refractivity contribution in [1.82, 2.24) is 0 Å². The van der Waals surface area contributed by atoms with Crippen LogP contribution in [0.15, 0.2) is 34.9 Å². The second-order valence-electron chi connectivity index (χ2n) is 14.1. The average Bonchev–Trinajstić information content (AvgIpc) is 3.44. The van der Waals surface area contributed by atoms with Crippen LogP contribution in [0, 0.1) is 45.8 Å². The molecular formula is C32H40O7. The molecular weight excluding hydrogens is 496 g/mol. The number of aliphatic hydroxyl groups excluding tert-OH is 1. The lowest BCUT2D eigenvalue weighted by Crippen LogP contribution is -2.49. The lowest BCUT2D eigenvalue weighted by Gasteiger charge is -2.50. The smallest absolute Gasteiger partial charge is 0.334 e. The molecule has 5 aliphatic carbocycles. The van der Waals surface area contributed by atoms with Gasteiger partial charge in [-0.3, -0.25) is 9.59 Å². The summed E-state index contributed by atoms with van der Waals surface area (Å²) in [6, 6.07) is 0. The van der Waals surface area contributed by atoms with Crippen LogP contribution in [-0.2, 0) is 28.6 Å². The van der Waals surface area contributed by atoms with Crippen LogP contribution in [0.1, 0.15) is 73.1 Å². The quantitative estimate of drug-likeness (QED) is 0.229. The van der Waals surface area contributed by atoms with Gasteiger partial charge in [0, 0.05) is 41.1 Å². The van der Waals surface area contributed by atoms with Gasteiger partial charge in [0.25, 0.3) is 0 Å². The fourth-order valence-electron chi connectivity index (χ4n) is 10.7. The Bertz CT molecular complexity index is 1280. The van der Waals surface area contributed by atoms with Crippen molar-refractivity contribution in [2.24, 2.45) is 45.8 Å². The van der Waals surface area contributed by atoms with Crippen LogP contribution in [0.3, 0.4) is 0 Å². The zero-order valence-corrected chi connectivity index (χ0v) is 23.6. The molecule has 0 aromatic rings. The molecule has 3 saturated carbocycles. The monoisotopic (exact) mass is 536 g/mol. The van der Waals surface area contributed by atoms with Gasteiger partial charge in [0.05, 0.1) is 11.5 Å². The van der Waals surface area contributed by atoms with Gasteiger partial charge in [0.1, 0.15) is 18.3 Å². The maximum absolute atomic E-state index is 14.2. The van der Waals surface area contributed by atoms with Crippen LogP contribution in [0.4, 0.5) is 0 Å². The standard InChI is InChI=1S/C32H40O7/c1-14-7-8-25(34)30(6)12-24-22(11-20(14)30)32(29(36)39-24)13-31-15(2)9-23-19(16(3)28(35)38-23)10-21(31)17(4)26(32)27(31)37-18(5)33/h11,14-15,19,22-27,34H,3,7-10,12-13H2,1-2,4-6H3/t14-,15-,19+,22-,23-,24+,25+,26-,27?,30+,31-,32-/m0/s1. The van der Waals surface area contributed by atoms with E-state index in [-0.39, 0.29) is 53.8 Å². The van der Waals surface area contributed by atoms with Crippen LogP contribution in [-0.4, -0.2) is 47.4 Å². The van der Waals surface area contributed by atoms with Crippen LogP contribution in [0.2, 0.25) is 0 Å². The number of hydrogen-bond donors (Lipinski definition) is 1. The molecule has 7 nitrogen and oxygen atoms in total. The van der Waals surface area contributed by atoms with Gasteiger partial charge < -0.3 is 19.3 Å². The Kier molecular flexibility index (Phi) is 5.15. The van der Waals surface area contributed by atoms with Crippen molar-refractivity contribution < 1.29 is 33.7 Å². The van der Waals surface area contributed by atoms with Gasteiger partial charge in [-0.1, -0.05) is 50.1 Å². The number of aliphatic hydroxyl groups is 1. The number of rotatable bonds is 1. The van der Waals surface area contributed by atoms with E-state index in [1.165, 1.54) is 18.1 Å². The summed E-state index contributed by atoms with van der Waals surface area (Å²) in [6.07, 6.45) is 4.96. The van der Waals surface area contributed by atoms with E-state index in [0.717, 1.165) is 18.4 Å². The lowest BCUT2D eigenvalue weighted by molar-refractivity contribution is -0.156. The Labute approximate surface area is 230 Å². The van der Waals surface area contributed by atoms with Crippen molar-refractivity contribution in [1.29, 1.82) is 0 Å². The Morgan fingerprint density at radius 2 is 1.90 bits per heavy atom. The first-order valence-corrected chi connectivity index (χ1v) is 14.7. The highest BCUT2D eigenvalue weighted by molar-refractivity contribution is 5.91. The molecule has 12 atom stereocenters. The number of carbonyl (C=O) groups excluding carboxylic acids is 3. The lowest BCUT2D eigenvalue weighted by atomic mass is 9.53. The molecule has 2 spiro atoms. The Morgan fingerprint density at radius 3 is 2.62 bits per heavy atom. The first kappa shape index (κ1) is 25.6. The number of hydrogen-bond acceptors (Lipinski definition) is 7. The number of fused-ring (bicyclic) bond motifs is 6. The molecule has 7 heteroatoms. The topological polar surface area (TPSA) is 99.1 Å². The zero-order valence-electron chi connectivity index (χ0n) is 23.6. The van der Waals surface area contributed by atoms with E-state index >= 15 is 0 Å². The van der Waals surface area contributed by atoms with Crippen LogP contribution < -0.4 is 0 Å². The van der Waals surface area contributed by atoms with Gasteiger partial charge in [-0.15, -0.1) is 0 Å². The summed E-state index contributed by atoms with van der Waals surface area (Å²) in [6.45, 7) is 14.1. The van der Waals surface area contributed by atoms with Crippen molar-refractivity contribution in [2.75, 3.05) is 0 Å².